The molecule has 0 aliphatic rings. The first-order valence-electron chi connectivity index (χ1n) is 20.2. The van der Waals surface area contributed by atoms with E-state index >= 15 is 0 Å². The number of unbranched alkanes of at least 4 members (excludes halogenated alkanes) is 25. The number of hydrogen-bond acceptors (Lipinski definition) is 3. The maximum Gasteiger partial charge on any atom is 0.220 e. The lowest BCUT2D eigenvalue weighted by molar-refractivity contribution is -0.123. The zero-order valence-electron chi connectivity index (χ0n) is 30.8. The summed E-state index contributed by atoms with van der Waals surface area (Å²) < 4.78 is 0. The van der Waals surface area contributed by atoms with E-state index in [9.17, 15) is 15.0 Å². The van der Waals surface area contributed by atoms with E-state index in [2.05, 4.69) is 43.5 Å². The molecule has 0 radical (unpaired) electrons. The molecule has 0 rings (SSSR count). The Morgan fingerprint density at radius 3 is 1.26 bits per heavy atom. The Labute approximate surface area is 287 Å². The Kier molecular flexibility index (Phi) is 36.9. The first-order valence-corrected chi connectivity index (χ1v) is 20.2. The number of carbonyl (C=O) groups excluding carboxylic acids is 1. The molecule has 0 fully saturated rings. The maximum atomic E-state index is 12.3. The standard InChI is InChI=1S/C42H79NO3/c1-3-5-7-9-11-13-15-17-18-19-20-21-22-23-24-26-28-30-32-34-36-38-42(46)43-40(39-44)41(45)37-35-33-31-29-27-25-16-14-12-10-8-6-4-2/h17-18,27,29,35,37,40-41,44-45H,3-16,19-26,28,30-34,36,38-39H2,1-2H3,(H,43,46)/b18-17-,29-27-,37-35+/t40-,41+/m0/s1. The molecule has 0 bridgehead atoms. The van der Waals surface area contributed by atoms with Crippen LogP contribution < -0.4 is 5.32 Å². The van der Waals surface area contributed by atoms with Crippen molar-refractivity contribution in [1.82, 2.24) is 5.32 Å². The van der Waals surface area contributed by atoms with Crippen LogP contribution in [-0.4, -0.2) is 34.9 Å². The monoisotopic (exact) mass is 646 g/mol. The van der Waals surface area contributed by atoms with Gasteiger partial charge in [-0.1, -0.05) is 179 Å². The molecule has 2 atom stereocenters. The van der Waals surface area contributed by atoms with E-state index in [0.717, 1.165) is 32.1 Å². The zero-order chi connectivity index (χ0) is 33.6. The van der Waals surface area contributed by atoms with Crippen LogP contribution >= 0.6 is 0 Å². The second kappa shape index (κ2) is 38.1. The third-order valence-electron chi connectivity index (χ3n) is 9.10. The lowest BCUT2D eigenvalue weighted by Crippen LogP contribution is -2.45. The lowest BCUT2D eigenvalue weighted by Gasteiger charge is -2.19. The smallest absolute Gasteiger partial charge is 0.220 e. The number of allylic oxidation sites excluding steroid dienone is 5. The Morgan fingerprint density at radius 2 is 0.848 bits per heavy atom. The molecule has 0 aromatic carbocycles. The molecule has 0 saturated heterocycles. The summed E-state index contributed by atoms with van der Waals surface area (Å²) >= 11 is 0. The minimum absolute atomic E-state index is 0.0758. The molecule has 0 aliphatic heterocycles. The van der Waals surface area contributed by atoms with Crippen LogP contribution in [0.15, 0.2) is 36.5 Å². The van der Waals surface area contributed by atoms with E-state index < -0.39 is 12.1 Å². The van der Waals surface area contributed by atoms with Crippen LogP contribution in [0, 0.1) is 0 Å². The molecule has 0 heterocycles. The highest BCUT2D eigenvalue weighted by Gasteiger charge is 2.17. The summed E-state index contributed by atoms with van der Waals surface area (Å²) in [5, 5.41) is 22.9. The molecule has 0 aliphatic carbocycles. The normalized spacial score (nSPS) is 13.4. The zero-order valence-corrected chi connectivity index (χ0v) is 30.8. The molecule has 270 valence electrons. The molecule has 0 unspecified atom stereocenters. The fraction of sp³-hybridized carbons (Fsp3) is 0.833. The van der Waals surface area contributed by atoms with Gasteiger partial charge >= 0.3 is 0 Å². The van der Waals surface area contributed by atoms with Gasteiger partial charge in [-0.05, 0) is 57.8 Å². The topological polar surface area (TPSA) is 69.6 Å². The Bertz CT molecular complexity index is 701. The second-order valence-electron chi connectivity index (χ2n) is 13.7. The van der Waals surface area contributed by atoms with E-state index in [-0.39, 0.29) is 12.5 Å². The van der Waals surface area contributed by atoms with Crippen molar-refractivity contribution in [2.45, 2.75) is 219 Å². The number of carbonyl (C=O) groups is 1. The van der Waals surface area contributed by atoms with Crippen LogP contribution in [0.2, 0.25) is 0 Å². The first-order chi connectivity index (χ1) is 22.7. The average Bonchev–Trinajstić information content (AvgIpc) is 3.06. The largest absolute Gasteiger partial charge is 0.394 e. The molecule has 0 aromatic heterocycles. The maximum absolute atomic E-state index is 12.3. The van der Waals surface area contributed by atoms with Crippen LogP contribution in [0.1, 0.15) is 206 Å². The van der Waals surface area contributed by atoms with Crippen molar-refractivity contribution < 1.29 is 15.0 Å². The van der Waals surface area contributed by atoms with Crippen molar-refractivity contribution in [2.24, 2.45) is 0 Å². The second-order valence-corrected chi connectivity index (χ2v) is 13.7. The highest BCUT2D eigenvalue weighted by molar-refractivity contribution is 5.76. The molecular weight excluding hydrogens is 566 g/mol. The van der Waals surface area contributed by atoms with Gasteiger partial charge in [0.2, 0.25) is 5.91 Å². The summed E-state index contributed by atoms with van der Waals surface area (Å²) in [6.07, 6.45) is 49.5. The van der Waals surface area contributed by atoms with E-state index in [1.807, 2.05) is 6.08 Å². The molecule has 4 nitrogen and oxygen atoms in total. The van der Waals surface area contributed by atoms with Crippen molar-refractivity contribution in [3.63, 3.8) is 0 Å². The molecule has 0 aromatic rings. The van der Waals surface area contributed by atoms with E-state index in [1.165, 1.54) is 154 Å². The number of hydrogen-bond donors (Lipinski definition) is 3. The number of amides is 1. The summed E-state index contributed by atoms with van der Waals surface area (Å²) in [5.74, 6) is -0.0758. The van der Waals surface area contributed by atoms with Crippen LogP contribution in [0.3, 0.4) is 0 Å². The summed E-state index contributed by atoms with van der Waals surface area (Å²) in [7, 11) is 0. The summed E-state index contributed by atoms with van der Waals surface area (Å²) in [6.45, 7) is 4.28. The molecule has 0 spiro atoms. The summed E-state index contributed by atoms with van der Waals surface area (Å²) in [6, 6.07) is -0.636. The SMILES string of the molecule is CCCCCCCC/C=C\CCCCCCCCCCCCCC(=O)N[C@@H](CO)[C@H](O)/C=C/CC/C=C\CCCCCCCCC. The quantitative estimate of drug-likeness (QED) is 0.0469. The van der Waals surface area contributed by atoms with Crippen molar-refractivity contribution in [1.29, 1.82) is 0 Å². The molecule has 1 amide bonds. The fourth-order valence-corrected chi connectivity index (χ4v) is 5.95. The number of nitrogens with one attached hydrogen (secondary N) is 1. The Morgan fingerprint density at radius 1 is 0.500 bits per heavy atom. The van der Waals surface area contributed by atoms with E-state index in [0.29, 0.717) is 6.42 Å². The fourth-order valence-electron chi connectivity index (χ4n) is 5.95. The van der Waals surface area contributed by atoms with E-state index in [4.69, 9.17) is 0 Å². The van der Waals surface area contributed by atoms with Gasteiger partial charge < -0.3 is 15.5 Å². The minimum atomic E-state index is -0.859. The van der Waals surface area contributed by atoms with Crippen molar-refractivity contribution >= 4 is 5.91 Å². The molecule has 4 heteroatoms. The Hall–Kier alpha value is -1.39. The van der Waals surface area contributed by atoms with Gasteiger partial charge in [-0.15, -0.1) is 0 Å². The molecule has 0 saturated carbocycles. The number of rotatable bonds is 36. The van der Waals surface area contributed by atoms with Gasteiger partial charge in [0.25, 0.3) is 0 Å². The third-order valence-corrected chi connectivity index (χ3v) is 9.10. The van der Waals surface area contributed by atoms with Gasteiger partial charge in [-0.3, -0.25) is 4.79 Å². The van der Waals surface area contributed by atoms with Gasteiger partial charge in [0, 0.05) is 6.42 Å². The van der Waals surface area contributed by atoms with Crippen molar-refractivity contribution in [2.75, 3.05) is 6.61 Å². The van der Waals surface area contributed by atoms with Crippen LogP contribution in [0.5, 0.6) is 0 Å². The van der Waals surface area contributed by atoms with Crippen LogP contribution in [0.4, 0.5) is 0 Å². The average molecular weight is 646 g/mol. The van der Waals surface area contributed by atoms with Crippen LogP contribution in [-0.2, 0) is 4.79 Å². The number of aliphatic hydroxyl groups is 2. The van der Waals surface area contributed by atoms with Gasteiger partial charge in [0.05, 0.1) is 18.8 Å². The lowest BCUT2D eigenvalue weighted by atomic mass is 10.0. The highest BCUT2D eigenvalue weighted by Crippen LogP contribution is 2.14. The van der Waals surface area contributed by atoms with Crippen LogP contribution in [0.25, 0.3) is 0 Å². The minimum Gasteiger partial charge on any atom is -0.394 e. The van der Waals surface area contributed by atoms with Crippen molar-refractivity contribution in [3.8, 4) is 0 Å². The predicted octanol–water partition coefficient (Wildman–Crippen LogP) is 12.2. The van der Waals surface area contributed by atoms with Gasteiger partial charge in [0.15, 0.2) is 0 Å². The third kappa shape index (κ3) is 34.0. The first kappa shape index (κ1) is 44.6. The summed E-state index contributed by atoms with van der Waals surface area (Å²) in [4.78, 5) is 12.3. The van der Waals surface area contributed by atoms with Crippen molar-refractivity contribution in [3.05, 3.63) is 36.5 Å². The predicted molar refractivity (Wildman–Crippen MR) is 202 cm³/mol. The molecule has 46 heavy (non-hydrogen) atoms. The molecule has 3 N–H and O–H groups in total. The molecular formula is C42H79NO3. The van der Waals surface area contributed by atoms with Gasteiger partial charge in [-0.2, -0.15) is 0 Å². The summed E-state index contributed by atoms with van der Waals surface area (Å²) in [5.41, 5.74) is 0. The highest BCUT2D eigenvalue weighted by atomic mass is 16.3. The van der Waals surface area contributed by atoms with E-state index in [1.54, 1.807) is 6.08 Å². The van der Waals surface area contributed by atoms with Gasteiger partial charge in [0.1, 0.15) is 0 Å². The Balaban J connectivity index is 3.59. The number of aliphatic hydroxyl groups excluding tert-OH is 2. The van der Waals surface area contributed by atoms with Gasteiger partial charge in [-0.25, -0.2) is 0 Å².